The number of carboxylic acid groups (broad SMARTS) is 1. The van der Waals surface area contributed by atoms with Crippen molar-refractivity contribution in [3.05, 3.63) is 17.0 Å². The van der Waals surface area contributed by atoms with E-state index in [1.54, 1.807) is 0 Å². The molecule has 0 aliphatic carbocycles. The number of rotatable bonds is 6. The monoisotopic (exact) mass is 319 g/mol. The molecule has 2 N–H and O–H groups in total. The van der Waals surface area contributed by atoms with Crippen molar-refractivity contribution in [3.63, 3.8) is 0 Å². The molecule has 1 atom stereocenters. The second kappa shape index (κ2) is 6.21. The lowest BCUT2D eigenvalue weighted by Crippen LogP contribution is -2.35. The first-order valence-corrected chi connectivity index (χ1v) is 8.68. The molecular formula is C12H17NO5S2. The third-order valence-corrected chi connectivity index (χ3v) is 6.87. The van der Waals surface area contributed by atoms with Crippen molar-refractivity contribution in [1.29, 1.82) is 0 Å². The van der Waals surface area contributed by atoms with Crippen LogP contribution in [0.25, 0.3) is 0 Å². The molecular weight excluding hydrogens is 302 g/mol. The van der Waals surface area contributed by atoms with E-state index >= 15 is 0 Å². The standard InChI is InChI=1S/C12H17NO5S2/c14-8-2-4-9-3-1-7-13(9)20(17,18)11-6-5-10(19-11)12(15)16/h5-6,9,14H,1-4,7-8H2,(H,15,16). The van der Waals surface area contributed by atoms with Crippen LogP contribution in [0.2, 0.25) is 0 Å². The highest BCUT2D eigenvalue weighted by atomic mass is 32.2. The van der Waals surface area contributed by atoms with Gasteiger partial charge in [-0.25, -0.2) is 13.2 Å². The zero-order chi connectivity index (χ0) is 14.8. The number of sulfonamides is 1. The van der Waals surface area contributed by atoms with Crippen LogP contribution in [0.15, 0.2) is 16.3 Å². The van der Waals surface area contributed by atoms with Gasteiger partial charge in [-0.1, -0.05) is 0 Å². The van der Waals surface area contributed by atoms with Gasteiger partial charge in [-0.15, -0.1) is 11.3 Å². The van der Waals surface area contributed by atoms with Crippen molar-refractivity contribution < 1.29 is 23.4 Å². The van der Waals surface area contributed by atoms with Crippen LogP contribution in [0.3, 0.4) is 0 Å². The van der Waals surface area contributed by atoms with E-state index in [4.69, 9.17) is 10.2 Å². The summed E-state index contributed by atoms with van der Waals surface area (Å²) in [5.74, 6) is -1.12. The van der Waals surface area contributed by atoms with Crippen molar-refractivity contribution in [3.8, 4) is 0 Å². The highest BCUT2D eigenvalue weighted by molar-refractivity contribution is 7.91. The lowest BCUT2D eigenvalue weighted by Gasteiger charge is -2.23. The fourth-order valence-corrected chi connectivity index (χ4v) is 5.43. The van der Waals surface area contributed by atoms with E-state index in [9.17, 15) is 13.2 Å². The Morgan fingerprint density at radius 2 is 2.20 bits per heavy atom. The lowest BCUT2D eigenvalue weighted by atomic mass is 10.1. The number of carbonyl (C=O) groups is 1. The summed E-state index contributed by atoms with van der Waals surface area (Å²) in [7, 11) is -3.62. The summed E-state index contributed by atoms with van der Waals surface area (Å²) in [5, 5.41) is 17.7. The van der Waals surface area contributed by atoms with E-state index in [1.807, 2.05) is 0 Å². The van der Waals surface area contributed by atoms with Gasteiger partial charge in [-0.05, 0) is 37.8 Å². The summed E-state index contributed by atoms with van der Waals surface area (Å²) in [6.07, 6.45) is 2.79. The molecule has 0 bridgehead atoms. The molecule has 0 amide bonds. The molecule has 0 spiro atoms. The molecule has 1 fully saturated rings. The number of carboxylic acids is 1. The first-order chi connectivity index (χ1) is 9.46. The van der Waals surface area contributed by atoms with Crippen LogP contribution in [-0.4, -0.2) is 48.1 Å². The molecule has 2 heterocycles. The molecule has 1 aliphatic heterocycles. The highest BCUT2D eigenvalue weighted by Crippen LogP contribution is 2.31. The van der Waals surface area contributed by atoms with Crippen molar-refractivity contribution >= 4 is 27.3 Å². The quantitative estimate of drug-likeness (QED) is 0.826. The van der Waals surface area contributed by atoms with Gasteiger partial charge in [0.15, 0.2) is 0 Å². The number of aliphatic hydroxyl groups is 1. The molecule has 1 saturated heterocycles. The topological polar surface area (TPSA) is 94.9 Å². The molecule has 1 aromatic heterocycles. The number of hydrogen-bond donors (Lipinski definition) is 2. The predicted octanol–water partition coefficient (Wildman–Crippen LogP) is 1.37. The maximum atomic E-state index is 12.5. The van der Waals surface area contributed by atoms with E-state index < -0.39 is 16.0 Å². The maximum Gasteiger partial charge on any atom is 0.345 e. The van der Waals surface area contributed by atoms with Gasteiger partial charge < -0.3 is 10.2 Å². The summed E-state index contributed by atoms with van der Waals surface area (Å²) < 4.78 is 26.6. The molecule has 112 valence electrons. The minimum atomic E-state index is -3.62. The van der Waals surface area contributed by atoms with Crippen LogP contribution >= 0.6 is 11.3 Å². The molecule has 0 saturated carbocycles. The van der Waals surface area contributed by atoms with E-state index in [0.717, 1.165) is 24.2 Å². The van der Waals surface area contributed by atoms with Crippen molar-refractivity contribution in [2.75, 3.05) is 13.2 Å². The van der Waals surface area contributed by atoms with Crippen LogP contribution in [-0.2, 0) is 10.0 Å². The SMILES string of the molecule is O=C(O)c1ccc(S(=O)(=O)N2CCCC2CCCO)s1. The average Bonchev–Trinajstić information content (AvgIpc) is 3.05. The van der Waals surface area contributed by atoms with Crippen LogP contribution in [0.4, 0.5) is 0 Å². The Balaban J connectivity index is 2.22. The first-order valence-electron chi connectivity index (χ1n) is 6.42. The van der Waals surface area contributed by atoms with Crippen molar-refractivity contribution in [2.24, 2.45) is 0 Å². The van der Waals surface area contributed by atoms with Gasteiger partial charge in [-0.3, -0.25) is 0 Å². The highest BCUT2D eigenvalue weighted by Gasteiger charge is 2.35. The van der Waals surface area contributed by atoms with Gasteiger partial charge >= 0.3 is 5.97 Å². The Morgan fingerprint density at radius 3 is 2.80 bits per heavy atom. The Labute approximate surface area is 121 Å². The second-order valence-corrected chi connectivity index (χ2v) is 7.90. The van der Waals surface area contributed by atoms with E-state index in [0.29, 0.717) is 19.4 Å². The van der Waals surface area contributed by atoms with Crippen LogP contribution in [0, 0.1) is 0 Å². The third-order valence-electron chi connectivity index (χ3n) is 3.37. The molecule has 1 aliphatic rings. The number of thiophene rings is 1. The Morgan fingerprint density at radius 1 is 1.45 bits per heavy atom. The summed E-state index contributed by atoms with van der Waals surface area (Å²) in [6.45, 7) is 0.505. The summed E-state index contributed by atoms with van der Waals surface area (Å²) >= 11 is 0.782. The molecule has 6 nitrogen and oxygen atoms in total. The van der Waals surface area contributed by atoms with E-state index in [-0.39, 0.29) is 21.7 Å². The van der Waals surface area contributed by atoms with Gasteiger partial charge in [0.2, 0.25) is 0 Å². The lowest BCUT2D eigenvalue weighted by molar-refractivity contribution is 0.0702. The maximum absolute atomic E-state index is 12.5. The van der Waals surface area contributed by atoms with Crippen LogP contribution in [0.1, 0.15) is 35.4 Å². The van der Waals surface area contributed by atoms with E-state index in [2.05, 4.69) is 0 Å². The Kier molecular flexibility index (Phi) is 4.79. The van der Waals surface area contributed by atoms with Gasteiger partial charge in [0.1, 0.15) is 9.09 Å². The zero-order valence-corrected chi connectivity index (χ0v) is 12.5. The fraction of sp³-hybridized carbons (Fsp3) is 0.583. The molecule has 0 aromatic carbocycles. The smallest absolute Gasteiger partial charge is 0.345 e. The number of aromatic carboxylic acids is 1. The predicted molar refractivity (Wildman–Crippen MR) is 74.5 cm³/mol. The van der Waals surface area contributed by atoms with Crippen molar-refractivity contribution in [2.45, 2.75) is 35.9 Å². The fourth-order valence-electron chi connectivity index (χ4n) is 2.43. The molecule has 0 radical (unpaired) electrons. The zero-order valence-electron chi connectivity index (χ0n) is 10.9. The normalized spacial score (nSPS) is 20.4. The number of aliphatic hydroxyl groups excluding tert-OH is 1. The third kappa shape index (κ3) is 3.03. The van der Waals surface area contributed by atoms with Crippen molar-refractivity contribution in [1.82, 2.24) is 4.31 Å². The molecule has 2 rings (SSSR count). The van der Waals surface area contributed by atoms with Gasteiger partial charge in [0.25, 0.3) is 10.0 Å². The Bertz CT molecular complexity index is 580. The van der Waals surface area contributed by atoms with Gasteiger partial charge in [-0.2, -0.15) is 4.31 Å². The first kappa shape index (κ1) is 15.4. The second-order valence-electron chi connectivity index (χ2n) is 4.70. The number of hydrogen-bond acceptors (Lipinski definition) is 5. The van der Waals surface area contributed by atoms with Gasteiger partial charge in [0.05, 0.1) is 0 Å². The molecule has 1 aromatic rings. The average molecular weight is 319 g/mol. The van der Waals surface area contributed by atoms with Crippen LogP contribution in [0.5, 0.6) is 0 Å². The Hall–Kier alpha value is -0.960. The van der Waals surface area contributed by atoms with Gasteiger partial charge in [0, 0.05) is 19.2 Å². The van der Waals surface area contributed by atoms with Crippen LogP contribution < -0.4 is 0 Å². The molecule has 8 heteroatoms. The minimum absolute atomic E-state index is 0.0229. The van der Waals surface area contributed by atoms with E-state index in [1.165, 1.54) is 16.4 Å². The molecule has 1 unspecified atom stereocenters. The summed E-state index contributed by atoms with van der Waals surface area (Å²) in [5.41, 5.74) is 0. The minimum Gasteiger partial charge on any atom is -0.477 e. The molecule has 20 heavy (non-hydrogen) atoms. The number of nitrogens with zero attached hydrogens (tertiary/aromatic N) is 1. The summed E-state index contributed by atoms with van der Waals surface area (Å²) in [4.78, 5) is 10.9. The largest absolute Gasteiger partial charge is 0.477 e. The summed E-state index contributed by atoms with van der Waals surface area (Å²) in [6, 6.07) is 2.58.